The molecule has 4 N–H and O–H groups in total. The first-order valence-electron chi connectivity index (χ1n) is 6.40. The van der Waals surface area contributed by atoms with E-state index in [2.05, 4.69) is 4.98 Å². The van der Waals surface area contributed by atoms with Gasteiger partial charge in [-0.15, -0.1) is 0 Å². The van der Waals surface area contributed by atoms with Gasteiger partial charge in [0.25, 0.3) is 10.1 Å². The summed E-state index contributed by atoms with van der Waals surface area (Å²) in [5.41, 5.74) is -2.14. The number of rotatable bonds is 4. The topological polar surface area (TPSA) is 163 Å². The van der Waals surface area contributed by atoms with Gasteiger partial charge in [-0.05, 0) is 13.0 Å². The monoisotopic (exact) mass is 349 g/mol. The van der Waals surface area contributed by atoms with Gasteiger partial charge < -0.3 is 24.8 Å². The second-order valence-electron chi connectivity index (χ2n) is 4.91. The summed E-state index contributed by atoms with van der Waals surface area (Å²) in [6.45, 7) is 1.25. The minimum absolute atomic E-state index is 0.0832. The molecule has 1 aromatic rings. The summed E-state index contributed by atoms with van der Waals surface area (Å²) in [6, 6.07) is 1.33. The van der Waals surface area contributed by atoms with Crippen molar-refractivity contribution in [1.29, 1.82) is 0 Å². The van der Waals surface area contributed by atoms with Gasteiger partial charge in [0.15, 0.2) is 11.5 Å². The number of pyridine rings is 1. The van der Waals surface area contributed by atoms with Crippen molar-refractivity contribution in [2.45, 2.75) is 37.0 Å². The van der Waals surface area contributed by atoms with Crippen LogP contribution in [-0.2, 0) is 14.9 Å². The van der Waals surface area contributed by atoms with Crippen molar-refractivity contribution in [3.63, 3.8) is 0 Å². The molecule has 0 radical (unpaired) electrons. The number of Topliss-reactive ketones (excluding diaryl/α,β-unsaturated/α-hetero) is 1. The Balaban J connectivity index is 2.30. The standard InChI is InChI=1S/C12H15NO9S/c1-5(14)6-2-3-13-4-7(6)21-11-9(16)8(15)10(17)12(22-11)23(18,19)20/h2-4,8-12,15-17H,1H3,(H,18,19,20)/t8-,9-,10+,11-,12?/m1/s1. The van der Waals surface area contributed by atoms with Crippen LogP contribution in [0.4, 0.5) is 0 Å². The molecule has 0 spiro atoms. The molecule has 1 unspecified atom stereocenters. The highest BCUT2D eigenvalue weighted by molar-refractivity contribution is 7.86. The Morgan fingerprint density at radius 1 is 1.26 bits per heavy atom. The molecule has 1 aromatic heterocycles. The van der Waals surface area contributed by atoms with Crippen molar-refractivity contribution >= 4 is 15.9 Å². The van der Waals surface area contributed by atoms with Gasteiger partial charge in [0.1, 0.15) is 18.3 Å². The molecule has 0 saturated carbocycles. The zero-order valence-electron chi connectivity index (χ0n) is 11.8. The number of ether oxygens (including phenoxy) is 2. The van der Waals surface area contributed by atoms with Crippen LogP contribution in [0.1, 0.15) is 17.3 Å². The van der Waals surface area contributed by atoms with Crippen molar-refractivity contribution in [1.82, 2.24) is 4.98 Å². The van der Waals surface area contributed by atoms with Crippen molar-refractivity contribution in [2.24, 2.45) is 0 Å². The lowest BCUT2D eigenvalue weighted by Gasteiger charge is -2.38. The Bertz CT molecular complexity index is 692. The second-order valence-corrected chi connectivity index (χ2v) is 6.40. The van der Waals surface area contributed by atoms with E-state index in [-0.39, 0.29) is 17.1 Å². The average molecular weight is 349 g/mol. The minimum atomic E-state index is -4.89. The van der Waals surface area contributed by atoms with Crippen molar-refractivity contribution in [3.05, 3.63) is 24.0 Å². The van der Waals surface area contributed by atoms with Gasteiger partial charge in [0.2, 0.25) is 11.7 Å². The van der Waals surface area contributed by atoms with E-state index in [1.165, 1.54) is 19.2 Å². The maximum Gasteiger partial charge on any atom is 0.295 e. The summed E-state index contributed by atoms with van der Waals surface area (Å²) in [6.07, 6.45) is -5.18. The smallest absolute Gasteiger partial charge is 0.295 e. The number of hydrogen-bond acceptors (Lipinski definition) is 9. The molecule has 1 aliphatic rings. The summed E-state index contributed by atoms with van der Waals surface area (Å²) in [5.74, 6) is -0.513. The van der Waals surface area contributed by atoms with Crippen LogP contribution < -0.4 is 4.74 Å². The summed E-state index contributed by atoms with van der Waals surface area (Å²) < 4.78 is 41.4. The quantitative estimate of drug-likeness (QED) is 0.364. The number of carbonyl (C=O) groups is 1. The molecule has 0 bridgehead atoms. The predicted molar refractivity (Wildman–Crippen MR) is 73.1 cm³/mol. The molecule has 0 aromatic carbocycles. The zero-order chi connectivity index (χ0) is 17.4. The third-order valence-corrected chi connectivity index (χ3v) is 4.20. The van der Waals surface area contributed by atoms with Crippen LogP contribution in [0.25, 0.3) is 0 Å². The molecule has 5 atom stereocenters. The maximum atomic E-state index is 11.5. The Labute approximate surface area is 131 Å². The number of ketones is 1. The van der Waals surface area contributed by atoms with Crippen LogP contribution in [0.3, 0.4) is 0 Å². The molecule has 10 nitrogen and oxygen atoms in total. The van der Waals surface area contributed by atoms with E-state index in [1.54, 1.807) is 0 Å². The van der Waals surface area contributed by atoms with Crippen LogP contribution in [0.5, 0.6) is 5.75 Å². The third-order valence-electron chi connectivity index (χ3n) is 3.23. The van der Waals surface area contributed by atoms with Gasteiger partial charge >= 0.3 is 0 Å². The number of nitrogens with zero attached hydrogens (tertiary/aromatic N) is 1. The first-order valence-corrected chi connectivity index (χ1v) is 7.91. The molecule has 11 heteroatoms. The Morgan fingerprint density at radius 2 is 1.91 bits per heavy atom. The fourth-order valence-electron chi connectivity index (χ4n) is 2.05. The molecule has 0 amide bonds. The number of aliphatic hydroxyl groups is 3. The average Bonchev–Trinajstić information content (AvgIpc) is 2.47. The van der Waals surface area contributed by atoms with Crippen molar-refractivity contribution in [2.75, 3.05) is 0 Å². The maximum absolute atomic E-state index is 11.5. The van der Waals surface area contributed by atoms with E-state index < -0.39 is 40.2 Å². The molecule has 1 aliphatic heterocycles. The number of aromatic nitrogens is 1. The number of carbonyl (C=O) groups excluding carboxylic acids is 1. The highest BCUT2D eigenvalue weighted by Crippen LogP contribution is 2.27. The first kappa shape index (κ1) is 17.7. The molecule has 2 heterocycles. The Hall–Kier alpha value is -1.63. The summed E-state index contributed by atoms with van der Waals surface area (Å²) in [7, 11) is -4.89. The molecule has 128 valence electrons. The van der Waals surface area contributed by atoms with Crippen LogP contribution >= 0.6 is 0 Å². The lowest BCUT2D eigenvalue weighted by molar-refractivity contribution is -0.254. The van der Waals surface area contributed by atoms with Crippen LogP contribution in [0.15, 0.2) is 18.5 Å². The Kier molecular flexibility index (Phi) is 4.98. The van der Waals surface area contributed by atoms with E-state index in [0.717, 1.165) is 6.20 Å². The van der Waals surface area contributed by atoms with E-state index >= 15 is 0 Å². The van der Waals surface area contributed by atoms with Crippen molar-refractivity contribution in [3.8, 4) is 5.75 Å². The van der Waals surface area contributed by atoms with E-state index in [0.29, 0.717) is 0 Å². The lowest BCUT2D eigenvalue weighted by Crippen LogP contribution is -2.61. The van der Waals surface area contributed by atoms with Crippen LogP contribution in [0, 0.1) is 0 Å². The van der Waals surface area contributed by atoms with Gasteiger partial charge in [-0.1, -0.05) is 0 Å². The molecule has 0 aliphatic carbocycles. The highest BCUT2D eigenvalue weighted by Gasteiger charge is 2.50. The molecular weight excluding hydrogens is 334 g/mol. The fourth-order valence-corrected chi connectivity index (χ4v) is 2.81. The number of aliphatic hydroxyl groups excluding tert-OH is 3. The van der Waals surface area contributed by atoms with E-state index in [9.17, 15) is 28.5 Å². The molecular formula is C12H15NO9S. The molecule has 23 heavy (non-hydrogen) atoms. The third kappa shape index (κ3) is 3.65. The SMILES string of the molecule is CC(=O)c1ccncc1O[C@@H]1OC(S(=O)(=O)O)[C@@H](O)[C@H](O)[C@H]1O. The molecule has 1 fully saturated rings. The van der Waals surface area contributed by atoms with Gasteiger partial charge in [-0.25, -0.2) is 0 Å². The zero-order valence-corrected chi connectivity index (χ0v) is 12.6. The lowest BCUT2D eigenvalue weighted by atomic mass is 10.1. The molecule has 1 saturated heterocycles. The largest absolute Gasteiger partial charge is 0.460 e. The minimum Gasteiger partial charge on any atom is -0.460 e. The van der Waals surface area contributed by atoms with Crippen LogP contribution in [-0.4, -0.2) is 69.1 Å². The number of hydrogen-bond donors (Lipinski definition) is 4. The summed E-state index contributed by atoms with van der Waals surface area (Å²) in [4.78, 5) is 15.2. The molecule has 2 rings (SSSR count). The fraction of sp³-hybridized carbons (Fsp3) is 0.500. The van der Waals surface area contributed by atoms with Gasteiger partial charge in [-0.3, -0.25) is 14.3 Å². The van der Waals surface area contributed by atoms with Crippen molar-refractivity contribution < 1.29 is 42.6 Å². The van der Waals surface area contributed by atoms with Gasteiger partial charge in [0, 0.05) is 6.20 Å². The van der Waals surface area contributed by atoms with E-state index in [1.807, 2.05) is 0 Å². The van der Waals surface area contributed by atoms with Crippen LogP contribution in [0.2, 0.25) is 0 Å². The van der Waals surface area contributed by atoms with E-state index in [4.69, 9.17) is 14.0 Å². The van der Waals surface area contributed by atoms with Gasteiger partial charge in [-0.2, -0.15) is 8.42 Å². The summed E-state index contributed by atoms with van der Waals surface area (Å²) >= 11 is 0. The first-order chi connectivity index (χ1) is 10.6. The van der Waals surface area contributed by atoms with Gasteiger partial charge in [0.05, 0.1) is 11.8 Å². The highest BCUT2D eigenvalue weighted by atomic mass is 32.2. The predicted octanol–water partition coefficient (Wildman–Crippen LogP) is -1.68. The normalized spacial score (nSPS) is 31.6. The summed E-state index contributed by atoms with van der Waals surface area (Å²) in [5, 5.41) is 29.1. The Morgan fingerprint density at radius 3 is 2.48 bits per heavy atom. The second kappa shape index (κ2) is 6.47.